The van der Waals surface area contributed by atoms with Crippen LogP contribution in [0.1, 0.15) is 41.7 Å². The molecule has 1 saturated heterocycles. The summed E-state index contributed by atoms with van der Waals surface area (Å²) < 4.78 is 8.50. The van der Waals surface area contributed by atoms with Crippen molar-refractivity contribution in [1.82, 2.24) is 14.8 Å². The molecule has 7 heteroatoms. The number of likely N-dealkylation sites (tertiary alicyclic amines) is 1. The fourth-order valence-corrected chi connectivity index (χ4v) is 5.28. The standard InChI is InChI=1S/C25H29N3O3S/c1-31-20-6-4-18(5-7-20)16-28-21-10-13-32-23(21)14-22(28)25(30)27-11-8-19(9-12-27)24(29)26-15-17-2-3-17/h4-7,10,13-14,17,19H,2-3,8-9,11-12,15-16H2,1H3,(H,26,29). The Morgan fingerprint density at radius 2 is 1.84 bits per heavy atom. The van der Waals surface area contributed by atoms with Crippen molar-refractivity contribution in [1.29, 1.82) is 0 Å². The molecule has 6 nitrogen and oxygen atoms in total. The predicted octanol–water partition coefficient (Wildman–Crippen LogP) is 4.14. The number of rotatable bonds is 7. The number of ether oxygens (including phenoxy) is 1. The topological polar surface area (TPSA) is 63.6 Å². The Bertz CT molecular complexity index is 1110. The molecule has 1 aromatic carbocycles. The molecular weight excluding hydrogens is 422 g/mol. The Kier molecular flexibility index (Phi) is 5.91. The molecule has 32 heavy (non-hydrogen) atoms. The summed E-state index contributed by atoms with van der Waals surface area (Å²) in [6, 6.07) is 12.1. The van der Waals surface area contributed by atoms with Crippen LogP contribution in [0.4, 0.5) is 0 Å². The minimum atomic E-state index is 0.0207. The summed E-state index contributed by atoms with van der Waals surface area (Å²) in [6.45, 7) is 2.70. The molecule has 3 heterocycles. The van der Waals surface area contributed by atoms with Crippen LogP contribution in [-0.2, 0) is 11.3 Å². The number of methoxy groups -OCH3 is 1. The number of benzene rings is 1. The van der Waals surface area contributed by atoms with Crippen LogP contribution < -0.4 is 10.1 Å². The third-order valence-electron chi connectivity index (χ3n) is 6.66. The molecule has 1 aliphatic heterocycles. The van der Waals surface area contributed by atoms with E-state index >= 15 is 0 Å². The van der Waals surface area contributed by atoms with Crippen molar-refractivity contribution >= 4 is 33.4 Å². The third kappa shape index (κ3) is 4.39. The highest BCUT2D eigenvalue weighted by atomic mass is 32.1. The fourth-order valence-electron chi connectivity index (χ4n) is 4.46. The van der Waals surface area contributed by atoms with Gasteiger partial charge in [-0.25, -0.2) is 0 Å². The summed E-state index contributed by atoms with van der Waals surface area (Å²) in [7, 11) is 1.66. The second-order valence-electron chi connectivity index (χ2n) is 8.89. The van der Waals surface area contributed by atoms with Gasteiger partial charge in [0.15, 0.2) is 0 Å². The first kappa shape index (κ1) is 21.1. The van der Waals surface area contributed by atoms with Crippen LogP contribution in [0.25, 0.3) is 10.2 Å². The van der Waals surface area contributed by atoms with Gasteiger partial charge in [-0.15, -0.1) is 11.3 Å². The maximum Gasteiger partial charge on any atom is 0.270 e. The van der Waals surface area contributed by atoms with Gasteiger partial charge in [0.1, 0.15) is 11.4 Å². The number of hydrogen-bond acceptors (Lipinski definition) is 4. The number of carbonyl (C=O) groups is 2. The molecule has 168 valence electrons. The highest BCUT2D eigenvalue weighted by Gasteiger charge is 2.30. The van der Waals surface area contributed by atoms with Crippen LogP contribution in [0.15, 0.2) is 41.8 Å². The first-order chi connectivity index (χ1) is 15.6. The van der Waals surface area contributed by atoms with E-state index in [-0.39, 0.29) is 17.7 Å². The van der Waals surface area contributed by atoms with E-state index in [0.717, 1.165) is 46.6 Å². The predicted molar refractivity (Wildman–Crippen MR) is 126 cm³/mol. The molecule has 0 spiro atoms. The number of hydrogen-bond donors (Lipinski definition) is 1. The normalized spacial score (nSPS) is 17.0. The van der Waals surface area contributed by atoms with Crippen LogP contribution in [0.3, 0.4) is 0 Å². The van der Waals surface area contributed by atoms with Gasteiger partial charge in [-0.3, -0.25) is 9.59 Å². The van der Waals surface area contributed by atoms with Crippen molar-refractivity contribution < 1.29 is 14.3 Å². The van der Waals surface area contributed by atoms with Gasteiger partial charge in [-0.05, 0) is 66.8 Å². The largest absolute Gasteiger partial charge is 0.497 e. The maximum absolute atomic E-state index is 13.5. The molecule has 0 atom stereocenters. The summed E-state index contributed by atoms with van der Waals surface area (Å²) in [6.07, 6.45) is 3.94. The molecule has 2 fully saturated rings. The Balaban J connectivity index is 1.28. The highest BCUT2D eigenvalue weighted by molar-refractivity contribution is 7.17. The summed E-state index contributed by atoms with van der Waals surface area (Å²) in [5, 5.41) is 5.16. The summed E-state index contributed by atoms with van der Waals surface area (Å²) in [5.41, 5.74) is 2.93. The second-order valence-corrected chi connectivity index (χ2v) is 9.84. The third-order valence-corrected chi connectivity index (χ3v) is 7.51. The molecule has 0 unspecified atom stereocenters. The number of carbonyl (C=O) groups excluding carboxylic acids is 2. The van der Waals surface area contributed by atoms with E-state index in [1.54, 1.807) is 18.4 Å². The number of amides is 2. The van der Waals surface area contributed by atoms with Gasteiger partial charge in [-0.1, -0.05) is 12.1 Å². The van der Waals surface area contributed by atoms with Gasteiger partial charge in [0.25, 0.3) is 5.91 Å². The highest BCUT2D eigenvalue weighted by Crippen LogP contribution is 2.30. The molecule has 2 amide bonds. The molecule has 1 saturated carbocycles. The Hall–Kier alpha value is -2.80. The SMILES string of the molecule is COc1ccc(Cn2c(C(=O)N3CCC(C(=O)NCC4CC4)CC3)cc3sccc32)cc1. The fraction of sp³-hybridized carbons (Fsp3) is 0.440. The minimum absolute atomic E-state index is 0.0207. The van der Waals surface area contributed by atoms with Crippen LogP contribution in [0, 0.1) is 11.8 Å². The van der Waals surface area contributed by atoms with Crippen molar-refractivity contribution in [2.24, 2.45) is 11.8 Å². The van der Waals surface area contributed by atoms with E-state index in [1.165, 1.54) is 12.8 Å². The average molecular weight is 452 g/mol. The number of thiophene rings is 1. The van der Waals surface area contributed by atoms with Crippen LogP contribution >= 0.6 is 11.3 Å². The molecule has 2 aromatic heterocycles. The number of fused-ring (bicyclic) bond motifs is 1. The molecule has 2 aliphatic rings. The average Bonchev–Trinajstić information content (AvgIpc) is 3.45. The van der Waals surface area contributed by atoms with Crippen molar-refractivity contribution in [2.75, 3.05) is 26.7 Å². The molecule has 1 aliphatic carbocycles. The van der Waals surface area contributed by atoms with E-state index < -0.39 is 0 Å². The van der Waals surface area contributed by atoms with E-state index in [0.29, 0.717) is 25.6 Å². The quantitative estimate of drug-likeness (QED) is 0.587. The number of nitrogens with one attached hydrogen (secondary N) is 1. The van der Waals surface area contributed by atoms with Crippen LogP contribution in [0.5, 0.6) is 5.75 Å². The lowest BCUT2D eigenvalue weighted by molar-refractivity contribution is -0.126. The van der Waals surface area contributed by atoms with Gasteiger partial charge in [0, 0.05) is 32.1 Å². The van der Waals surface area contributed by atoms with Gasteiger partial charge in [0.05, 0.1) is 17.3 Å². The maximum atomic E-state index is 13.5. The van der Waals surface area contributed by atoms with Crippen molar-refractivity contribution in [2.45, 2.75) is 32.2 Å². The summed E-state index contributed by atoms with van der Waals surface area (Å²) in [5.74, 6) is 1.74. The Morgan fingerprint density at radius 3 is 2.53 bits per heavy atom. The monoisotopic (exact) mass is 451 g/mol. The lowest BCUT2D eigenvalue weighted by Crippen LogP contribution is -2.43. The van der Waals surface area contributed by atoms with E-state index in [9.17, 15) is 9.59 Å². The number of aromatic nitrogens is 1. The summed E-state index contributed by atoms with van der Waals surface area (Å²) in [4.78, 5) is 27.8. The second kappa shape index (κ2) is 8.98. The molecule has 0 radical (unpaired) electrons. The van der Waals surface area contributed by atoms with Crippen LogP contribution in [-0.4, -0.2) is 48.0 Å². The smallest absolute Gasteiger partial charge is 0.270 e. The van der Waals surface area contributed by atoms with E-state index in [2.05, 4.69) is 21.3 Å². The Morgan fingerprint density at radius 1 is 1.09 bits per heavy atom. The van der Waals surface area contributed by atoms with Gasteiger partial charge < -0.3 is 19.5 Å². The van der Waals surface area contributed by atoms with Crippen molar-refractivity contribution in [3.63, 3.8) is 0 Å². The first-order valence-corrected chi connectivity index (χ1v) is 12.3. The Labute approximate surface area is 192 Å². The summed E-state index contributed by atoms with van der Waals surface area (Å²) >= 11 is 1.66. The van der Waals surface area contributed by atoms with Gasteiger partial charge >= 0.3 is 0 Å². The number of nitrogens with zero attached hydrogens (tertiary/aromatic N) is 2. The van der Waals surface area contributed by atoms with E-state index in [4.69, 9.17) is 4.74 Å². The van der Waals surface area contributed by atoms with Crippen molar-refractivity contribution in [3.05, 3.63) is 53.0 Å². The molecule has 3 aromatic rings. The van der Waals surface area contributed by atoms with Crippen LogP contribution in [0.2, 0.25) is 0 Å². The number of piperidine rings is 1. The molecule has 0 bridgehead atoms. The van der Waals surface area contributed by atoms with Gasteiger partial charge in [-0.2, -0.15) is 0 Å². The zero-order valence-electron chi connectivity index (χ0n) is 18.4. The lowest BCUT2D eigenvalue weighted by atomic mass is 9.95. The lowest BCUT2D eigenvalue weighted by Gasteiger charge is -2.31. The van der Waals surface area contributed by atoms with Crippen molar-refractivity contribution in [3.8, 4) is 5.75 Å². The molecule has 5 rings (SSSR count). The zero-order chi connectivity index (χ0) is 22.1. The van der Waals surface area contributed by atoms with E-state index in [1.807, 2.05) is 35.2 Å². The molecular formula is C25H29N3O3S. The first-order valence-electron chi connectivity index (χ1n) is 11.4. The minimum Gasteiger partial charge on any atom is -0.497 e. The molecule has 1 N–H and O–H groups in total. The zero-order valence-corrected chi connectivity index (χ0v) is 19.2. The van der Waals surface area contributed by atoms with Gasteiger partial charge in [0.2, 0.25) is 5.91 Å².